The van der Waals surface area contributed by atoms with Gasteiger partial charge in [-0.1, -0.05) is 6.07 Å². The second-order valence-electron chi connectivity index (χ2n) is 6.12. The minimum atomic E-state index is -1.14. The Morgan fingerprint density at radius 3 is 2.50 bits per heavy atom. The summed E-state index contributed by atoms with van der Waals surface area (Å²) in [4.78, 5) is 48.8. The number of carbonyl (C=O) groups excluding carboxylic acids is 3. The van der Waals surface area contributed by atoms with Gasteiger partial charge in [-0.05, 0) is 49.4 Å². The van der Waals surface area contributed by atoms with E-state index in [9.17, 15) is 19.2 Å². The summed E-state index contributed by atoms with van der Waals surface area (Å²) in [6.45, 7) is 1.99. The van der Waals surface area contributed by atoms with Crippen LogP contribution in [-0.2, 0) is 14.3 Å². The Morgan fingerprint density at radius 2 is 1.86 bits per heavy atom. The number of rotatable bonds is 6. The van der Waals surface area contributed by atoms with Crippen LogP contribution in [0.25, 0.3) is 0 Å². The number of nitrogens with one attached hydrogen (secondary N) is 1. The van der Waals surface area contributed by atoms with Crippen LogP contribution in [-0.4, -0.2) is 41.5 Å². The summed E-state index contributed by atoms with van der Waals surface area (Å²) < 4.78 is 4.92. The van der Waals surface area contributed by atoms with Crippen LogP contribution in [0, 0.1) is 0 Å². The molecule has 0 aliphatic carbocycles. The molecule has 28 heavy (non-hydrogen) atoms. The molecule has 1 heterocycles. The third-order valence-corrected chi connectivity index (χ3v) is 4.23. The SMILES string of the molecule is CCOC(=O)c1ccc(NC2CC(=O)N(c3cccc(C(=O)O)c3)C2=O)cc1. The smallest absolute Gasteiger partial charge is 0.338 e. The Hall–Kier alpha value is -3.68. The maximum absolute atomic E-state index is 12.7. The molecule has 2 N–H and O–H groups in total. The zero-order valence-electron chi connectivity index (χ0n) is 15.0. The van der Waals surface area contributed by atoms with Crippen LogP contribution in [0.3, 0.4) is 0 Å². The highest BCUT2D eigenvalue weighted by molar-refractivity contribution is 6.23. The maximum atomic E-state index is 12.7. The number of esters is 1. The Morgan fingerprint density at radius 1 is 1.14 bits per heavy atom. The number of hydrogen-bond donors (Lipinski definition) is 2. The van der Waals surface area contributed by atoms with Gasteiger partial charge in [0.2, 0.25) is 5.91 Å². The van der Waals surface area contributed by atoms with E-state index in [-0.39, 0.29) is 24.3 Å². The summed E-state index contributed by atoms with van der Waals surface area (Å²) in [6, 6.07) is 11.3. The van der Waals surface area contributed by atoms with Crippen LogP contribution in [0.1, 0.15) is 34.1 Å². The Labute approximate surface area is 160 Å². The van der Waals surface area contributed by atoms with Gasteiger partial charge in [0.05, 0.1) is 29.8 Å². The van der Waals surface area contributed by atoms with Crippen LogP contribution in [0.4, 0.5) is 11.4 Å². The van der Waals surface area contributed by atoms with Crippen molar-refractivity contribution in [3.63, 3.8) is 0 Å². The molecular weight excluding hydrogens is 364 g/mol. The van der Waals surface area contributed by atoms with Crippen molar-refractivity contribution >= 4 is 35.1 Å². The molecule has 1 unspecified atom stereocenters. The number of carbonyl (C=O) groups is 4. The van der Waals surface area contributed by atoms with E-state index in [2.05, 4.69) is 5.32 Å². The fourth-order valence-corrected chi connectivity index (χ4v) is 2.91. The van der Waals surface area contributed by atoms with Gasteiger partial charge in [0.1, 0.15) is 6.04 Å². The number of hydrogen-bond acceptors (Lipinski definition) is 6. The average Bonchev–Trinajstić information content (AvgIpc) is 2.96. The fraction of sp³-hybridized carbons (Fsp3) is 0.200. The van der Waals surface area contributed by atoms with E-state index in [0.717, 1.165) is 4.90 Å². The lowest BCUT2D eigenvalue weighted by molar-refractivity contribution is -0.121. The van der Waals surface area contributed by atoms with Gasteiger partial charge in [0.15, 0.2) is 0 Å². The largest absolute Gasteiger partial charge is 0.478 e. The molecule has 0 saturated carbocycles. The topological polar surface area (TPSA) is 113 Å². The van der Waals surface area contributed by atoms with Crippen LogP contribution >= 0.6 is 0 Å². The highest BCUT2D eigenvalue weighted by Crippen LogP contribution is 2.26. The molecule has 144 valence electrons. The van der Waals surface area contributed by atoms with Crippen molar-refractivity contribution in [3.05, 3.63) is 59.7 Å². The van der Waals surface area contributed by atoms with Crippen molar-refractivity contribution in [2.45, 2.75) is 19.4 Å². The summed E-state index contributed by atoms with van der Waals surface area (Å²) in [5.41, 5.74) is 1.16. The number of amides is 2. The Bertz CT molecular complexity index is 938. The van der Waals surface area contributed by atoms with Crippen molar-refractivity contribution in [1.82, 2.24) is 0 Å². The number of nitrogens with zero attached hydrogens (tertiary/aromatic N) is 1. The van der Waals surface area contributed by atoms with Crippen molar-refractivity contribution in [2.24, 2.45) is 0 Å². The molecule has 1 aliphatic heterocycles. The molecule has 2 aromatic rings. The number of benzene rings is 2. The number of anilines is 2. The van der Waals surface area contributed by atoms with Gasteiger partial charge in [-0.15, -0.1) is 0 Å². The summed E-state index contributed by atoms with van der Waals surface area (Å²) in [7, 11) is 0. The van der Waals surface area contributed by atoms with Crippen LogP contribution in [0.2, 0.25) is 0 Å². The highest BCUT2D eigenvalue weighted by Gasteiger charge is 2.39. The van der Waals surface area contributed by atoms with E-state index < -0.39 is 29.8 Å². The minimum Gasteiger partial charge on any atom is -0.478 e. The molecule has 0 bridgehead atoms. The lowest BCUT2D eigenvalue weighted by atomic mass is 10.1. The van der Waals surface area contributed by atoms with Gasteiger partial charge < -0.3 is 15.2 Å². The quantitative estimate of drug-likeness (QED) is 0.582. The Kier molecular flexibility index (Phi) is 5.39. The Balaban J connectivity index is 1.74. The first-order valence-corrected chi connectivity index (χ1v) is 8.64. The van der Waals surface area contributed by atoms with Crippen molar-refractivity contribution in [1.29, 1.82) is 0 Å². The summed E-state index contributed by atoms with van der Waals surface area (Å²) in [5.74, 6) is -2.47. The normalized spacial score (nSPS) is 16.2. The molecule has 1 saturated heterocycles. The van der Waals surface area contributed by atoms with E-state index >= 15 is 0 Å². The predicted octanol–water partition coefficient (Wildman–Crippen LogP) is 2.31. The molecule has 3 rings (SSSR count). The van der Waals surface area contributed by atoms with Crippen molar-refractivity contribution in [3.8, 4) is 0 Å². The standard InChI is InChI=1S/C20H18N2O6/c1-2-28-20(27)12-6-8-14(9-7-12)21-16-11-17(23)22(18(16)24)15-5-3-4-13(10-15)19(25)26/h3-10,16,21H,2,11H2,1H3,(H,25,26). The third-order valence-electron chi connectivity index (χ3n) is 4.23. The van der Waals surface area contributed by atoms with Gasteiger partial charge in [-0.3, -0.25) is 9.59 Å². The second kappa shape index (κ2) is 7.91. The predicted molar refractivity (Wildman–Crippen MR) is 100 cm³/mol. The number of imide groups is 1. The first kappa shape index (κ1) is 19.1. The number of carboxylic acids is 1. The van der Waals surface area contributed by atoms with Crippen molar-refractivity contribution < 1.29 is 29.0 Å². The van der Waals surface area contributed by atoms with E-state index in [1.807, 2.05) is 0 Å². The van der Waals surface area contributed by atoms with E-state index in [1.54, 1.807) is 31.2 Å². The van der Waals surface area contributed by atoms with Gasteiger partial charge in [0.25, 0.3) is 5.91 Å². The zero-order valence-corrected chi connectivity index (χ0v) is 15.0. The molecule has 1 aliphatic rings. The second-order valence-corrected chi connectivity index (χ2v) is 6.12. The molecule has 1 atom stereocenters. The lowest BCUT2D eigenvalue weighted by Crippen LogP contribution is -2.34. The third kappa shape index (κ3) is 3.85. The molecule has 2 amide bonds. The summed E-state index contributed by atoms with van der Waals surface area (Å²) in [6.07, 6.45) is -0.0598. The summed E-state index contributed by atoms with van der Waals surface area (Å²) in [5, 5.41) is 12.1. The number of ether oxygens (including phenoxy) is 1. The van der Waals surface area contributed by atoms with Crippen LogP contribution in [0.5, 0.6) is 0 Å². The van der Waals surface area contributed by atoms with Crippen molar-refractivity contribution in [2.75, 3.05) is 16.8 Å². The molecule has 0 aromatic heterocycles. The monoisotopic (exact) mass is 382 g/mol. The molecule has 1 fully saturated rings. The minimum absolute atomic E-state index is 0.0101. The van der Waals surface area contributed by atoms with E-state index in [0.29, 0.717) is 11.3 Å². The fourth-order valence-electron chi connectivity index (χ4n) is 2.91. The van der Waals surface area contributed by atoms with E-state index in [1.165, 1.54) is 24.3 Å². The van der Waals surface area contributed by atoms with E-state index in [4.69, 9.17) is 9.84 Å². The highest BCUT2D eigenvalue weighted by atomic mass is 16.5. The van der Waals surface area contributed by atoms with Gasteiger partial charge >= 0.3 is 11.9 Å². The molecule has 0 radical (unpaired) electrons. The molecule has 8 nitrogen and oxygen atoms in total. The van der Waals surface area contributed by atoms with Gasteiger partial charge in [-0.2, -0.15) is 0 Å². The lowest BCUT2D eigenvalue weighted by Gasteiger charge is -2.16. The molecule has 2 aromatic carbocycles. The number of carboxylic acid groups (broad SMARTS) is 1. The molecule has 0 spiro atoms. The zero-order chi connectivity index (χ0) is 20.3. The first-order valence-electron chi connectivity index (χ1n) is 8.64. The number of aromatic carboxylic acids is 1. The maximum Gasteiger partial charge on any atom is 0.338 e. The van der Waals surface area contributed by atoms with Gasteiger partial charge in [-0.25, -0.2) is 14.5 Å². The van der Waals surface area contributed by atoms with Crippen LogP contribution in [0.15, 0.2) is 48.5 Å². The van der Waals surface area contributed by atoms with Crippen LogP contribution < -0.4 is 10.2 Å². The first-order chi connectivity index (χ1) is 13.4. The molecule has 8 heteroatoms. The summed E-state index contributed by atoms with van der Waals surface area (Å²) >= 11 is 0. The average molecular weight is 382 g/mol. The van der Waals surface area contributed by atoms with Gasteiger partial charge in [0, 0.05) is 5.69 Å². The molecular formula is C20H18N2O6.